The Balaban J connectivity index is 2.92. The Morgan fingerprint density at radius 1 is 1.32 bits per heavy atom. The molecule has 0 atom stereocenters. The second kappa shape index (κ2) is 6.18. The Hall–Kier alpha value is -1.37. The molecular weight excluding hydrogens is 261 g/mol. The van der Waals surface area contributed by atoms with Crippen molar-refractivity contribution < 1.29 is 22.7 Å². The number of halogens is 3. The van der Waals surface area contributed by atoms with Gasteiger partial charge in [-0.15, -0.1) is 13.2 Å². The molecule has 0 saturated carbocycles. The fraction of sp³-hybridized carbons (Fsp3) is 0.667. The van der Waals surface area contributed by atoms with E-state index in [4.69, 9.17) is 0 Å². The predicted octanol–water partition coefficient (Wildman–Crippen LogP) is 2.75. The summed E-state index contributed by atoms with van der Waals surface area (Å²) in [5.41, 5.74) is 1.81. The van der Waals surface area contributed by atoms with E-state index in [9.17, 15) is 18.0 Å². The van der Waals surface area contributed by atoms with Crippen LogP contribution in [-0.2, 0) is 24.1 Å². The zero-order valence-electron chi connectivity index (χ0n) is 11.2. The first-order valence-corrected chi connectivity index (χ1v) is 6.10. The molecule has 1 heterocycles. The molecule has 1 aromatic rings. The first-order chi connectivity index (χ1) is 8.80. The lowest BCUT2D eigenvalue weighted by Gasteiger charge is -2.09. The molecule has 0 N–H and O–H groups in total. The molecule has 0 fully saturated rings. The molecule has 0 amide bonds. The monoisotopic (exact) mass is 278 g/mol. The van der Waals surface area contributed by atoms with Crippen molar-refractivity contribution >= 4 is 5.78 Å². The van der Waals surface area contributed by atoms with Gasteiger partial charge in [-0.25, -0.2) is 0 Å². The molecule has 0 bridgehead atoms. The van der Waals surface area contributed by atoms with Crippen molar-refractivity contribution in [1.29, 1.82) is 0 Å². The SMILES string of the molecule is CCc1nn(CCOC(F)(F)F)c(CC)c1C(C)=O. The van der Waals surface area contributed by atoms with Crippen LogP contribution in [0.4, 0.5) is 13.2 Å². The molecule has 0 aromatic carbocycles. The number of nitrogens with zero attached hydrogens (tertiary/aromatic N) is 2. The first-order valence-electron chi connectivity index (χ1n) is 6.10. The lowest BCUT2D eigenvalue weighted by atomic mass is 10.1. The van der Waals surface area contributed by atoms with E-state index < -0.39 is 13.0 Å². The summed E-state index contributed by atoms with van der Waals surface area (Å²) in [6.07, 6.45) is -3.54. The number of hydrogen-bond donors (Lipinski definition) is 0. The summed E-state index contributed by atoms with van der Waals surface area (Å²) < 4.78 is 40.9. The fourth-order valence-electron chi connectivity index (χ4n) is 2.00. The van der Waals surface area contributed by atoms with Crippen molar-refractivity contribution in [2.45, 2.75) is 46.5 Å². The van der Waals surface area contributed by atoms with Gasteiger partial charge in [0.15, 0.2) is 5.78 Å². The maximum atomic E-state index is 11.9. The molecule has 0 aliphatic rings. The zero-order chi connectivity index (χ0) is 14.6. The Bertz CT molecular complexity index is 453. The van der Waals surface area contributed by atoms with Gasteiger partial charge in [0.1, 0.15) is 0 Å². The van der Waals surface area contributed by atoms with Gasteiger partial charge in [0.2, 0.25) is 0 Å². The van der Waals surface area contributed by atoms with Crippen molar-refractivity contribution in [2.24, 2.45) is 0 Å². The van der Waals surface area contributed by atoms with Gasteiger partial charge >= 0.3 is 6.36 Å². The number of Topliss-reactive ketones (excluding diaryl/α,β-unsaturated/α-hetero) is 1. The highest BCUT2D eigenvalue weighted by Crippen LogP contribution is 2.19. The van der Waals surface area contributed by atoms with Crippen LogP contribution in [0.3, 0.4) is 0 Å². The Morgan fingerprint density at radius 2 is 1.95 bits per heavy atom. The molecule has 0 unspecified atom stereocenters. The number of alkyl halides is 3. The quantitative estimate of drug-likeness (QED) is 0.751. The molecule has 0 radical (unpaired) electrons. The van der Waals surface area contributed by atoms with Gasteiger partial charge in [0.25, 0.3) is 0 Å². The second-order valence-corrected chi connectivity index (χ2v) is 4.05. The van der Waals surface area contributed by atoms with Crippen molar-refractivity contribution in [1.82, 2.24) is 9.78 Å². The third-order valence-corrected chi connectivity index (χ3v) is 2.72. The molecule has 0 aliphatic heterocycles. The Kier molecular flexibility index (Phi) is 5.11. The molecule has 0 spiro atoms. The minimum atomic E-state index is -4.64. The van der Waals surface area contributed by atoms with Crippen molar-refractivity contribution in [3.05, 3.63) is 17.0 Å². The Morgan fingerprint density at radius 3 is 2.37 bits per heavy atom. The molecule has 7 heteroatoms. The van der Waals surface area contributed by atoms with Crippen LogP contribution in [-0.4, -0.2) is 28.5 Å². The Labute approximate surface area is 109 Å². The normalized spacial score (nSPS) is 11.9. The average molecular weight is 278 g/mol. The van der Waals surface area contributed by atoms with Crippen molar-refractivity contribution in [3.8, 4) is 0 Å². The van der Waals surface area contributed by atoms with Crippen LogP contribution in [0.15, 0.2) is 0 Å². The van der Waals surface area contributed by atoms with E-state index in [1.807, 2.05) is 13.8 Å². The summed E-state index contributed by atoms with van der Waals surface area (Å²) in [5.74, 6) is -0.114. The van der Waals surface area contributed by atoms with Crippen LogP contribution in [0.25, 0.3) is 0 Å². The topological polar surface area (TPSA) is 44.1 Å². The van der Waals surface area contributed by atoms with Gasteiger partial charge in [-0.3, -0.25) is 14.2 Å². The molecule has 19 heavy (non-hydrogen) atoms. The number of aryl methyl sites for hydroxylation is 1. The zero-order valence-corrected chi connectivity index (χ0v) is 11.2. The van der Waals surface area contributed by atoms with E-state index in [1.165, 1.54) is 11.6 Å². The first kappa shape index (κ1) is 15.7. The van der Waals surface area contributed by atoms with Crippen LogP contribution in [0.5, 0.6) is 0 Å². The molecule has 1 rings (SSSR count). The minimum Gasteiger partial charge on any atom is -0.294 e. The smallest absolute Gasteiger partial charge is 0.294 e. The maximum Gasteiger partial charge on any atom is 0.522 e. The van der Waals surface area contributed by atoms with Crippen LogP contribution in [0.2, 0.25) is 0 Å². The summed E-state index contributed by atoms with van der Waals surface area (Å²) in [5, 5.41) is 4.19. The van der Waals surface area contributed by atoms with E-state index in [2.05, 4.69) is 9.84 Å². The largest absolute Gasteiger partial charge is 0.522 e. The molecule has 1 aromatic heterocycles. The van der Waals surface area contributed by atoms with Gasteiger partial charge in [-0.1, -0.05) is 13.8 Å². The standard InChI is InChI=1S/C12H17F3N2O2/c1-4-9-11(8(3)18)10(5-2)17(16-9)6-7-19-12(13,14)15/h4-7H2,1-3H3. The van der Waals surface area contributed by atoms with Gasteiger partial charge < -0.3 is 0 Å². The summed E-state index contributed by atoms with van der Waals surface area (Å²) in [7, 11) is 0. The third-order valence-electron chi connectivity index (χ3n) is 2.72. The van der Waals surface area contributed by atoms with Gasteiger partial charge in [0, 0.05) is 5.69 Å². The number of ketones is 1. The summed E-state index contributed by atoms with van der Waals surface area (Å²) in [6.45, 7) is 4.59. The predicted molar refractivity (Wildman–Crippen MR) is 63.0 cm³/mol. The number of aromatic nitrogens is 2. The van der Waals surface area contributed by atoms with E-state index in [0.29, 0.717) is 29.8 Å². The molecule has 0 aliphatic carbocycles. The van der Waals surface area contributed by atoms with Crippen molar-refractivity contribution in [2.75, 3.05) is 6.61 Å². The number of carbonyl (C=O) groups excluding carboxylic acids is 1. The average Bonchev–Trinajstić information content (AvgIpc) is 2.65. The summed E-state index contributed by atoms with van der Waals surface area (Å²) in [4.78, 5) is 11.6. The summed E-state index contributed by atoms with van der Waals surface area (Å²) in [6, 6.07) is 0. The number of ether oxygens (including phenoxy) is 1. The van der Waals surface area contributed by atoms with Gasteiger partial charge in [-0.2, -0.15) is 5.10 Å². The van der Waals surface area contributed by atoms with Crippen LogP contribution in [0, 0.1) is 0 Å². The lowest BCUT2D eigenvalue weighted by molar-refractivity contribution is -0.325. The molecule has 0 saturated heterocycles. The van der Waals surface area contributed by atoms with Gasteiger partial charge in [-0.05, 0) is 19.8 Å². The van der Waals surface area contributed by atoms with Gasteiger partial charge in [0.05, 0.1) is 24.4 Å². The molecular formula is C12H17F3N2O2. The maximum absolute atomic E-state index is 11.9. The van der Waals surface area contributed by atoms with E-state index >= 15 is 0 Å². The molecule has 108 valence electrons. The fourth-order valence-corrected chi connectivity index (χ4v) is 2.00. The van der Waals surface area contributed by atoms with Crippen LogP contribution in [0.1, 0.15) is 42.5 Å². The number of rotatable bonds is 6. The molecule has 4 nitrogen and oxygen atoms in total. The second-order valence-electron chi connectivity index (χ2n) is 4.05. The van der Waals surface area contributed by atoms with Crippen molar-refractivity contribution in [3.63, 3.8) is 0 Å². The summed E-state index contributed by atoms with van der Waals surface area (Å²) >= 11 is 0. The van der Waals surface area contributed by atoms with E-state index in [-0.39, 0.29) is 12.3 Å². The lowest BCUT2D eigenvalue weighted by Crippen LogP contribution is -2.19. The highest BCUT2D eigenvalue weighted by atomic mass is 19.4. The number of carbonyl (C=O) groups is 1. The van der Waals surface area contributed by atoms with Crippen LogP contribution < -0.4 is 0 Å². The minimum absolute atomic E-state index is 0.0248. The van der Waals surface area contributed by atoms with E-state index in [1.54, 1.807) is 0 Å². The number of hydrogen-bond acceptors (Lipinski definition) is 3. The van der Waals surface area contributed by atoms with E-state index in [0.717, 1.165) is 0 Å². The van der Waals surface area contributed by atoms with Crippen LogP contribution >= 0.6 is 0 Å². The third kappa shape index (κ3) is 4.05. The highest BCUT2D eigenvalue weighted by Gasteiger charge is 2.29. The highest BCUT2D eigenvalue weighted by molar-refractivity contribution is 5.96.